The third-order valence-corrected chi connectivity index (χ3v) is 6.12. The summed E-state index contributed by atoms with van der Waals surface area (Å²) in [5.74, 6) is 1.84. The minimum atomic E-state index is -0.199. The Morgan fingerprint density at radius 1 is 1.26 bits per heavy atom. The molecule has 2 aromatic heterocycles. The van der Waals surface area contributed by atoms with E-state index in [0.717, 1.165) is 22.7 Å². The molecule has 0 saturated heterocycles. The van der Waals surface area contributed by atoms with Gasteiger partial charge in [-0.1, -0.05) is 42.5 Å². The van der Waals surface area contributed by atoms with Crippen molar-refractivity contribution in [2.45, 2.75) is 50.2 Å². The minimum Gasteiger partial charge on any atom is -0.340 e. The Bertz CT molecular complexity index is 905. The van der Waals surface area contributed by atoms with Crippen LogP contribution in [0.15, 0.2) is 33.7 Å². The Balaban J connectivity index is 1.69. The van der Waals surface area contributed by atoms with Crippen LogP contribution in [0.1, 0.15) is 59.7 Å². The second-order valence-electron chi connectivity index (χ2n) is 5.93. The number of thioether (sulfide) groups is 1. The summed E-state index contributed by atoms with van der Waals surface area (Å²) < 4.78 is 4.98. The number of amides is 1. The van der Waals surface area contributed by atoms with Gasteiger partial charge in [0.1, 0.15) is 5.01 Å². The third-order valence-electron chi connectivity index (χ3n) is 4.05. The Hall–Kier alpha value is -2.26. The quantitative estimate of drug-likeness (QED) is 0.546. The summed E-state index contributed by atoms with van der Waals surface area (Å²) in [7, 11) is 0. The lowest BCUT2D eigenvalue weighted by Crippen LogP contribution is -2.12. The molecule has 0 atom stereocenters. The number of hydrogen-bond donors (Lipinski definition) is 1. The van der Waals surface area contributed by atoms with Crippen molar-refractivity contribution in [2.24, 2.45) is 0 Å². The van der Waals surface area contributed by atoms with Gasteiger partial charge >= 0.3 is 0 Å². The van der Waals surface area contributed by atoms with Gasteiger partial charge in [0.05, 0.1) is 11.3 Å². The van der Waals surface area contributed by atoms with Crippen molar-refractivity contribution in [3.05, 3.63) is 46.6 Å². The molecule has 1 aromatic carbocycles. The van der Waals surface area contributed by atoms with Crippen LogP contribution in [0, 0.1) is 6.92 Å². The van der Waals surface area contributed by atoms with Crippen molar-refractivity contribution in [1.29, 1.82) is 0 Å². The molecule has 0 aliphatic heterocycles. The number of benzene rings is 1. The first-order chi connectivity index (χ1) is 13.1. The number of aryl methyl sites for hydroxylation is 1. The van der Waals surface area contributed by atoms with E-state index in [0.29, 0.717) is 34.1 Å². The van der Waals surface area contributed by atoms with Gasteiger partial charge in [-0.05, 0) is 25.0 Å². The molecule has 0 unspecified atom stereocenters. The lowest BCUT2D eigenvalue weighted by atomic mass is 10.1. The van der Waals surface area contributed by atoms with Crippen molar-refractivity contribution >= 4 is 34.1 Å². The highest BCUT2D eigenvalue weighted by molar-refractivity contribution is 7.98. The van der Waals surface area contributed by atoms with Crippen LogP contribution < -0.4 is 5.32 Å². The molecule has 0 saturated carbocycles. The molecule has 0 aliphatic carbocycles. The van der Waals surface area contributed by atoms with Gasteiger partial charge in [0, 0.05) is 17.7 Å². The molecule has 9 heteroatoms. The Kier molecular flexibility index (Phi) is 6.57. The molecule has 0 radical (unpaired) electrons. The van der Waals surface area contributed by atoms with Gasteiger partial charge in [0.2, 0.25) is 11.0 Å². The maximum atomic E-state index is 12.7. The van der Waals surface area contributed by atoms with Crippen molar-refractivity contribution in [3.63, 3.8) is 0 Å². The molecule has 7 nitrogen and oxygen atoms in total. The molecule has 2 heterocycles. The van der Waals surface area contributed by atoms with E-state index < -0.39 is 0 Å². The second kappa shape index (κ2) is 9.09. The topological polar surface area (TPSA) is 93.8 Å². The molecule has 142 valence electrons. The molecule has 0 fully saturated rings. The summed E-state index contributed by atoms with van der Waals surface area (Å²) in [6, 6.07) is 7.44. The van der Waals surface area contributed by atoms with Gasteiger partial charge in [-0.2, -0.15) is 4.98 Å². The SMILES string of the molecule is CCC(CC)c1nnc(NC(=O)c2ccccc2SCc2noc(C)n2)s1. The van der Waals surface area contributed by atoms with E-state index in [4.69, 9.17) is 4.52 Å². The lowest BCUT2D eigenvalue weighted by molar-refractivity contribution is 0.102. The number of hydrogen-bond acceptors (Lipinski definition) is 8. The summed E-state index contributed by atoms with van der Waals surface area (Å²) in [4.78, 5) is 17.8. The number of nitrogens with one attached hydrogen (secondary N) is 1. The van der Waals surface area contributed by atoms with Gasteiger partial charge in [-0.15, -0.1) is 22.0 Å². The van der Waals surface area contributed by atoms with Crippen LogP contribution in [0.25, 0.3) is 0 Å². The molecule has 3 aromatic rings. The van der Waals surface area contributed by atoms with Gasteiger partial charge in [-0.25, -0.2) is 0 Å². The zero-order valence-corrected chi connectivity index (χ0v) is 17.1. The number of aromatic nitrogens is 4. The average Bonchev–Trinajstić information content (AvgIpc) is 3.30. The Labute approximate surface area is 166 Å². The Morgan fingerprint density at radius 3 is 2.74 bits per heavy atom. The fourth-order valence-corrected chi connectivity index (χ4v) is 4.47. The number of nitrogens with zero attached hydrogens (tertiary/aromatic N) is 4. The fourth-order valence-electron chi connectivity index (χ4n) is 2.57. The summed E-state index contributed by atoms with van der Waals surface area (Å²) in [5.41, 5.74) is 0.585. The molecule has 3 rings (SSSR count). The highest BCUT2D eigenvalue weighted by atomic mass is 32.2. The number of rotatable bonds is 8. The van der Waals surface area contributed by atoms with Crippen molar-refractivity contribution in [1.82, 2.24) is 20.3 Å². The maximum absolute atomic E-state index is 12.7. The van der Waals surface area contributed by atoms with Gasteiger partial charge in [0.15, 0.2) is 5.82 Å². The normalized spacial score (nSPS) is 11.1. The van der Waals surface area contributed by atoms with Gasteiger partial charge in [-0.3, -0.25) is 10.1 Å². The summed E-state index contributed by atoms with van der Waals surface area (Å²) in [5, 5.41) is 16.6. The Morgan fingerprint density at radius 2 is 2.04 bits per heavy atom. The van der Waals surface area contributed by atoms with Crippen LogP contribution in [-0.2, 0) is 5.75 Å². The largest absolute Gasteiger partial charge is 0.340 e. The highest BCUT2D eigenvalue weighted by Crippen LogP contribution is 2.29. The van der Waals surface area contributed by atoms with Gasteiger partial charge < -0.3 is 4.52 Å². The van der Waals surface area contributed by atoms with Crippen LogP contribution in [-0.4, -0.2) is 26.2 Å². The third kappa shape index (κ3) is 4.92. The predicted octanol–water partition coefficient (Wildman–Crippen LogP) is 4.68. The van der Waals surface area contributed by atoms with E-state index in [1.807, 2.05) is 18.2 Å². The summed E-state index contributed by atoms with van der Waals surface area (Å²) >= 11 is 2.93. The number of carbonyl (C=O) groups excluding carboxylic acids is 1. The van der Waals surface area contributed by atoms with Crippen LogP contribution in [0.2, 0.25) is 0 Å². The van der Waals surface area contributed by atoms with Crippen molar-refractivity contribution in [3.8, 4) is 0 Å². The molecule has 0 spiro atoms. The smallest absolute Gasteiger partial charge is 0.258 e. The predicted molar refractivity (Wildman–Crippen MR) is 106 cm³/mol. The average molecular weight is 404 g/mol. The highest BCUT2D eigenvalue weighted by Gasteiger charge is 2.17. The fraction of sp³-hybridized carbons (Fsp3) is 0.389. The molecule has 0 bridgehead atoms. The van der Waals surface area contributed by atoms with Gasteiger partial charge in [0.25, 0.3) is 5.91 Å². The summed E-state index contributed by atoms with van der Waals surface area (Å²) in [6.07, 6.45) is 2.02. The zero-order chi connectivity index (χ0) is 19.2. The molecule has 1 N–H and O–H groups in total. The first-order valence-electron chi connectivity index (χ1n) is 8.76. The standard InChI is InChI=1S/C18H21N5O2S2/c1-4-12(5-2)17-21-22-18(27-17)20-16(24)13-8-6-7-9-14(13)26-10-15-19-11(3)25-23-15/h6-9,12H,4-5,10H2,1-3H3,(H,20,22,24). The first-order valence-corrected chi connectivity index (χ1v) is 10.6. The molecule has 0 aliphatic rings. The molecular weight excluding hydrogens is 382 g/mol. The van der Waals surface area contributed by atoms with E-state index in [-0.39, 0.29) is 5.91 Å². The van der Waals surface area contributed by atoms with Crippen molar-refractivity contribution in [2.75, 3.05) is 5.32 Å². The number of carbonyl (C=O) groups is 1. The van der Waals surface area contributed by atoms with E-state index in [1.165, 1.54) is 23.1 Å². The van der Waals surface area contributed by atoms with Crippen molar-refractivity contribution < 1.29 is 9.32 Å². The molecular formula is C18H21N5O2S2. The van der Waals surface area contributed by atoms with Crippen LogP contribution in [0.3, 0.4) is 0 Å². The summed E-state index contributed by atoms with van der Waals surface area (Å²) in [6.45, 7) is 6.01. The number of anilines is 1. The van der Waals surface area contributed by atoms with Crippen LogP contribution in [0.5, 0.6) is 0 Å². The van der Waals surface area contributed by atoms with E-state index >= 15 is 0 Å². The van der Waals surface area contributed by atoms with E-state index in [2.05, 4.69) is 39.5 Å². The van der Waals surface area contributed by atoms with Crippen LogP contribution >= 0.6 is 23.1 Å². The molecule has 27 heavy (non-hydrogen) atoms. The lowest BCUT2D eigenvalue weighted by Gasteiger charge is -2.07. The van der Waals surface area contributed by atoms with E-state index in [9.17, 15) is 4.79 Å². The maximum Gasteiger partial charge on any atom is 0.258 e. The van der Waals surface area contributed by atoms with E-state index in [1.54, 1.807) is 13.0 Å². The minimum absolute atomic E-state index is 0.199. The molecule has 1 amide bonds. The zero-order valence-electron chi connectivity index (χ0n) is 15.4. The monoisotopic (exact) mass is 403 g/mol. The van der Waals surface area contributed by atoms with Crippen LogP contribution in [0.4, 0.5) is 5.13 Å². The first kappa shape index (κ1) is 19.5. The second-order valence-corrected chi connectivity index (χ2v) is 7.95.